The number of benzene rings is 1. The molecule has 1 spiro atoms. The van der Waals surface area contributed by atoms with E-state index in [2.05, 4.69) is 15.9 Å². The molecule has 3 rings (SSSR count). The summed E-state index contributed by atoms with van der Waals surface area (Å²) in [4.78, 5) is 12.8. The van der Waals surface area contributed by atoms with Crippen molar-refractivity contribution in [3.05, 3.63) is 34.3 Å². The molecule has 1 heterocycles. The largest absolute Gasteiger partial charge is 0.477 e. The molecule has 1 saturated carbocycles. The Hall–Kier alpha value is -1.14. The van der Waals surface area contributed by atoms with Gasteiger partial charge in [-0.25, -0.2) is 8.42 Å². The normalized spacial score (nSPS) is 21.3. The smallest absolute Gasteiger partial charge is 0.217 e. The Kier molecular flexibility index (Phi) is 3.93. The fourth-order valence-electron chi connectivity index (χ4n) is 3.08. The number of hydrogen-bond donors (Lipinski definition) is 0. The SMILES string of the molecule is CS(=O)(=O)c1ccc(C2=C(Br)C(=O)C3(CCCCC3)O2)cc1. The molecule has 0 saturated heterocycles. The van der Waals surface area contributed by atoms with Crippen LogP contribution in [0.2, 0.25) is 0 Å². The molecule has 0 atom stereocenters. The molecule has 0 unspecified atom stereocenters. The number of ether oxygens (including phenoxy) is 1. The molecular formula is C16H17BrO4S. The quantitative estimate of drug-likeness (QED) is 0.783. The van der Waals surface area contributed by atoms with Crippen molar-refractivity contribution < 1.29 is 17.9 Å². The fourth-order valence-corrected chi connectivity index (χ4v) is 4.38. The second-order valence-corrected chi connectivity index (χ2v) is 8.73. The predicted octanol–water partition coefficient (Wildman–Crippen LogP) is 3.46. The van der Waals surface area contributed by atoms with Crippen molar-refractivity contribution >= 4 is 37.3 Å². The molecule has 118 valence electrons. The Morgan fingerprint density at radius 2 is 1.68 bits per heavy atom. The minimum atomic E-state index is -3.23. The number of hydrogen-bond acceptors (Lipinski definition) is 4. The molecule has 22 heavy (non-hydrogen) atoms. The molecule has 1 aliphatic heterocycles. The minimum absolute atomic E-state index is 0.00869. The summed E-state index contributed by atoms with van der Waals surface area (Å²) < 4.78 is 29.6. The van der Waals surface area contributed by atoms with Gasteiger partial charge in [-0.15, -0.1) is 0 Å². The van der Waals surface area contributed by atoms with Gasteiger partial charge in [0.1, 0.15) is 10.2 Å². The van der Waals surface area contributed by atoms with Crippen LogP contribution in [0.15, 0.2) is 33.6 Å². The van der Waals surface area contributed by atoms with Gasteiger partial charge in [-0.2, -0.15) is 0 Å². The topological polar surface area (TPSA) is 60.4 Å². The molecule has 0 radical (unpaired) electrons. The first-order chi connectivity index (χ1) is 10.3. The molecule has 0 N–H and O–H groups in total. The maximum absolute atomic E-state index is 12.6. The third-order valence-electron chi connectivity index (χ3n) is 4.32. The van der Waals surface area contributed by atoms with E-state index in [1.54, 1.807) is 12.1 Å². The van der Waals surface area contributed by atoms with E-state index in [4.69, 9.17) is 4.74 Å². The molecule has 0 aromatic heterocycles. The van der Waals surface area contributed by atoms with Crippen LogP contribution in [0.25, 0.3) is 5.76 Å². The Morgan fingerprint density at radius 3 is 2.23 bits per heavy atom. The summed E-state index contributed by atoms with van der Waals surface area (Å²) in [6.45, 7) is 0. The van der Waals surface area contributed by atoms with Crippen LogP contribution in [0.4, 0.5) is 0 Å². The summed E-state index contributed by atoms with van der Waals surface area (Å²) in [6, 6.07) is 6.44. The van der Waals surface area contributed by atoms with Crippen LogP contribution < -0.4 is 0 Å². The Morgan fingerprint density at radius 1 is 1.09 bits per heavy atom. The summed E-state index contributed by atoms with van der Waals surface area (Å²) in [5.74, 6) is 0.529. The van der Waals surface area contributed by atoms with E-state index in [9.17, 15) is 13.2 Å². The number of ketones is 1. The fraction of sp³-hybridized carbons (Fsp3) is 0.438. The highest BCUT2D eigenvalue weighted by Gasteiger charge is 2.49. The van der Waals surface area contributed by atoms with Gasteiger partial charge in [0, 0.05) is 11.8 Å². The average Bonchev–Trinajstić information content (AvgIpc) is 2.73. The van der Waals surface area contributed by atoms with Crippen molar-refractivity contribution in [2.75, 3.05) is 6.26 Å². The zero-order valence-corrected chi connectivity index (χ0v) is 14.7. The van der Waals surface area contributed by atoms with Crippen molar-refractivity contribution in [2.45, 2.75) is 42.6 Å². The van der Waals surface area contributed by atoms with Gasteiger partial charge < -0.3 is 4.74 Å². The van der Waals surface area contributed by atoms with Gasteiger partial charge in [0.05, 0.1) is 4.90 Å². The lowest BCUT2D eigenvalue weighted by molar-refractivity contribution is -0.131. The first-order valence-electron chi connectivity index (χ1n) is 7.28. The highest BCUT2D eigenvalue weighted by Crippen LogP contribution is 2.46. The molecule has 1 aromatic carbocycles. The highest BCUT2D eigenvalue weighted by atomic mass is 79.9. The second-order valence-electron chi connectivity index (χ2n) is 5.93. The number of Topliss-reactive ketones (excluding diaryl/α,β-unsaturated/α-hetero) is 1. The van der Waals surface area contributed by atoms with Gasteiger partial charge in [0.15, 0.2) is 15.4 Å². The van der Waals surface area contributed by atoms with Crippen LogP contribution >= 0.6 is 15.9 Å². The Balaban J connectivity index is 1.93. The summed E-state index contributed by atoms with van der Waals surface area (Å²) in [6.07, 6.45) is 5.77. The maximum atomic E-state index is 12.6. The van der Waals surface area contributed by atoms with Gasteiger partial charge >= 0.3 is 0 Å². The van der Waals surface area contributed by atoms with Crippen molar-refractivity contribution in [3.63, 3.8) is 0 Å². The van der Waals surface area contributed by atoms with E-state index in [-0.39, 0.29) is 10.7 Å². The van der Waals surface area contributed by atoms with Gasteiger partial charge in [-0.05, 0) is 65.9 Å². The first kappa shape index (κ1) is 15.7. The standard InChI is InChI=1S/C16H17BrO4S/c1-22(19,20)12-7-5-11(6-8-12)14-13(17)15(18)16(21-14)9-3-2-4-10-16/h5-8H,2-4,9-10H2,1H3. The van der Waals surface area contributed by atoms with Crippen LogP contribution in [0, 0.1) is 0 Å². The minimum Gasteiger partial charge on any atom is -0.477 e. The van der Waals surface area contributed by atoms with Crippen LogP contribution in [0.1, 0.15) is 37.7 Å². The Labute approximate surface area is 138 Å². The lowest BCUT2D eigenvalue weighted by atomic mass is 9.82. The zero-order chi connectivity index (χ0) is 16.0. The number of halogens is 1. The molecule has 0 amide bonds. The predicted molar refractivity (Wildman–Crippen MR) is 87.3 cm³/mol. The lowest BCUT2D eigenvalue weighted by Crippen LogP contribution is -2.39. The molecule has 1 aromatic rings. The van der Waals surface area contributed by atoms with E-state index >= 15 is 0 Å². The molecular weight excluding hydrogens is 368 g/mol. The van der Waals surface area contributed by atoms with Crippen LogP contribution in [0.5, 0.6) is 0 Å². The monoisotopic (exact) mass is 384 g/mol. The molecule has 2 aliphatic rings. The van der Waals surface area contributed by atoms with E-state index in [0.29, 0.717) is 10.2 Å². The van der Waals surface area contributed by atoms with Gasteiger partial charge in [-0.3, -0.25) is 4.79 Å². The third-order valence-corrected chi connectivity index (χ3v) is 6.16. The van der Waals surface area contributed by atoms with Crippen LogP contribution in [-0.2, 0) is 19.4 Å². The van der Waals surface area contributed by atoms with Crippen molar-refractivity contribution in [1.29, 1.82) is 0 Å². The number of sulfone groups is 1. The van der Waals surface area contributed by atoms with Gasteiger partial charge in [0.2, 0.25) is 5.78 Å². The molecule has 4 nitrogen and oxygen atoms in total. The summed E-state index contributed by atoms with van der Waals surface area (Å²) in [5.41, 5.74) is -0.00266. The lowest BCUT2D eigenvalue weighted by Gasteiger charge is -2.31. The van der Waals surface area contributed by atoms with Gasteiger partial charge in [-0.1, -0.05) is 6.42 Å². The van der Waals surface area contributed by atoms with Crippen LogP contribution in [-0.4, -0.2) is 26.1 Å². The van der Waals surface area contributed by atoms with Crippen molar-refractivity contribution in [2.24, 2.45) is 0 Å². The van der Waals surface area contributed by atoms with Crippen LogP contribution in [0.3, 0.4) is 0 Å². The van der Waals surface area contributed by atoms with Crippen molar-refractivity contribution in [3.8, 4) is 0 Å². The highest BCUT2D eigenvalue weighted by molar-refractivity contribution is 9.12. The number of rotatable bonds is 2. The van der Waals surface area contributed by atoms with Gasteiger partial charge in [0.25, 0.3) is 0 Å². The molecule has 1 fully saturated rings. The van der Waals surface area contributed by atoms with E-state index in [0.717, 1.165) is 37.7 Å². The number of carbonyl (C=O) groups excluding carboxylic acids is 1. The van der Waals surface area contributed by atoms with E-state index < -0.39 is 15.4 Å². The van der Waals surface area contributed by atoms with E-state index in [1.165, 1.54) is 18.4 Å². The average molecular weight is 385 g/mol. The Bertz CT molecular complexity index is 741. The summed E-state index contributed by atoms with van der Waals surface area (Å²) >= 11 is 3.36. The summed E-state index contributed by atoms with van der Waals surface area (Å²) in [7, 11) is -3.23. The molecule has 1 aliphatic carbocycles. The van der Waals surface area contributed by atoms with E-state index in [1.807, 2.05) is 0 Å². The third kappa shape index (κ3) is 2.63. The van der Waals surface area contributed by atoms with Crippen molar-refractivity contribution in [1.82, 2.24) is 0 Å². The number of carbonyl (C=O) groups is 1. The maximum Gasteiger partial charge on any atom is 0.217 e. The first-order valence-corrected chi connectivity index (χ1v) is 9.96. The molecule has 6 heteroatoms. The second kappa shape index (κ2) is 5.49. The zero-order valence-electron chi connectivity index (χ0n) is 12.3. The summed E-state index contributed by atoms with van der Waals surface area (Å²) in [5, 5.41) is 0. The molecule has 0 bridgehead atoms.